The molecule has 0 radical (unpaired) electrons. The number of likely N-dealkylation sites (tertiary alicyclic amines) is 1. The number of hydrogen-bond acceptors (Lipinski definition) is 7. The zero-order valence-corrected chi connectivity index (χ0v) is 22.7. The number of fused-ring (bicyclic) bond motifs is 1. The van der Waals surface area contributed by atoms with E-state index >= 15 is 0 Å². The van der Waals surface area contributed by atoms with Crippen LogP contribution in [0.4, 0.5) is 0 Å². The van der Waals surface area contributed by atoms with Gasteiger partial charge in [0.15, 0.2) is 0 Å². The molecule has 0 aliphatic carbocycles. The van der Waals surface area contributed by atoms with Crippen LogP contribution in [0.25, 0.3) is 10.9 Å². The first-order valence-corrected chi connectivity index (χ1v) is 14.2. The predicted molar refractivity (Wildman–Crippen MR) is 148 cm³/mol. The lowest BCUT2D eigenvalue weighted by Gasteiger charge is -2.29. The molecule has 0 spiro atoms. The van der Waals surface area contributed by atoms with Crippen molar-refractivity contribution >= 4 is 52.3 Å². The van der Waals surface area contributed by atoms with E-state index in [1.165, 1.54) is 16.7 Å². The zero-order valence-electron chi connectivity index (χ0n) is 21.9. The lowest BCUT2D eigenvalue weighted by molar-refractivity contribution is -0.149. The molecule has 39 heavy (non-hydrogen) atoms. The Morgan fingerprint density at radius 2 is 1.85 bits per heavy atom. The van der Waals surface area contributed by atoms with Crippen molar-refractivity contribution in [1.82, 2.24) is 20.5 Å². The van der Waals surface area contributed by atoms with Gasteiger partial charge in [-0.15, -0.1) is 0 Å². The number of aromatic nitrogens is 1. The van der Waals surface area contributed by atoms with Crippen LogP contribution in [0.1, 0.15) is 37.7 Å². The van der Waals surface area contributed by atoms with Gasteiger partial charge in [-0.3, -0.25) is 19.2 Å². The number of rotatable bonds is 14. The zero-order chi connectivity index (χ0) is 28.5. The van der Waals surface area contributed by atoms with Crippen LogP contribution in [-0.2, 0) is 30.4 Å². The van der Waals surface area contributed by atoms with Crippen molar-refractivity contribution in [2.75, 3.05) is 18.6 Å². The molecule has 1 fully saturated rings. The van der Waals surface area contributed by atoms with Crippen molar-refractivity contribution in [2.24, 2.45) is 11.5 Å². The summed E-state index contributed by atoms with van der Waals surface area (Å²) in [5.74, 6) is -2.96. The van der Waals surface area contributed by atoms with Crippen LogP contribution >= 0.6 is 11.8 Å². The van der Waals surface area contributed by atoms with Gasteiger partial charge in [-0.25, -0.2) is 4.79 Å². The molecule has 0 saturated carbocycles. The molecule has 3 rings (SSSR count). The summed E-state index contributed by atoms with van der Waals surface area (Å²) in [5, 5.41) is 15.7. The Labute approximate surface area is 230 Å². The number of carbonyl (C=O) groups is 5. The van der Waals surface area contributed by atoms with E-state index in [1.54, 1.807) is 6.20 Å². The third-order valence-corrected chi connectivity index (χ3v) is 7.45. The Morgan fingerprint density at radius 1 is 1.13 bits per heavy atom. The minimum Gasteiger partial charge on any atom is -0.480 e. The highest BCUT2D eigenvalue weighted by atomic mass is 32.2. The van der Waals surface area contributed by atoms with Crippen LogP contribution in [0.5, 0.6) is 0 Å². The number of amides is 4. The van der Waals surface area contributed by atoms with Gasteiger partial charge < -0.3 is 37.1 Å². The molecule has 4 unspecified atom stereocenters. The highest BCUT2D eigenvalue weighted by molar-refractivity contribution is 7.98. The van der Waals surface area contributed by atoms with E-state index in [1.807, 2.05) is 30.5 Å². The topological polar surface area (TPSA) is 201 Å². The van der Waals surface area contributed by atoms with Crippen molar-refractivity contribution in [3.8, 4) is 0 Å². The fraction of sp³-hybridized carbons (Fsp3) is 0.500. The average Bonchev–Trinajstić information content (AvgIpc) is 3.56. The maximum atomic E-state index is 13.3. The number of nitrogens with one attached hydrogen (secondary N) is 3. The van der Waals surface area contributed by atoms with Crippen LogP contribution in [0.15, 0.2) is 30.5 Å². The number of carboxylic acid groups (broad SMARTS) is 1. The molecule has 8 N–H and O–H groups in total. The molecule has 4 amide bonds. The van der Waals surface area contributed by atoms with Crippen molar-refractivity contribution in [3.05, 3.63) is 36.0 Å². The predicted octanol–water partition coefficient (Wildman–Crippen LogP) is 0.102. The number of benzene rings is 1. The van der Waals surface area contributed by atoms with Gasteiger partial charge in [0, 0.05) is 30.1 Å². The number of para-hydroxylation sites is 1. The Bertz CT molecular complexity index is 1200. The summed E-state index contributed by atoms with van der Waals surface area (Å²) in [5.41, 5.74) is 13.2. The van der Waals surface area contributed by atoms with E-state index in [-0.39, 0.29) is 32.2 Å². The fourth-order valence-corrected chi connectivity index (χ4v) is 5.19. The molecule has 1 saturated heterocycles. The van der Waals surface area contributed by atoms with Crippen molar-refractivity contribution in [2.45, 2.75) is 62.7 Å². The summed E-state index contributed by atoms with van der Waals surface area (Å²) in [6.45, 7) is 0.284. The van der Waals surface area contributed by atoms with E-state index in [0.29, 0.717) is 18.6 Å². The van der Waals surface area contributed by atoms with Gasteiger partial charge in [0.05, 0.1) is 6.04 Å². The number of nitrogens with two attached hydrogens (primary N) is 2. The third-order valence-electron chi connectivity index (χ3n) is 6.81. The maximum absolute atomic E-state index is 13.3. The van der Waals surface area contributed by atoms with E-state index in [4.69, 9.17) is 11.5 Å². The van der Waals surface area contributed by atoms with Gasteiger partial charge in [0.2, 0.25) is 23.6 Å². The first kappa shape index (κ1) is 30.0. The maximum Gasteiger partial charge on any atom is 0.326 e. The lowest BCUT2D eigenvalue weighted by atomic mass is 10.0. The van der Waals surface area contributed by atoms with Gasteiger partial charge in [0.25, 0.3) is 0 Å². The van der Waals surface area contributed by atoms with Gasteiger partial charge in [-0.2, -0.15) is 11.8 Å². The average molecular weight is 561 g/mol. The number of H-pyrrole nitrogens is 1. The molecule has 2 heterocycles. The fourth-order valence-electron chi connectivity index (χ4n) is 4.72. The molecule has 1 aromatic heterocycles. The second-order valence-electron chi connectivity index (χ2n) is 9.61. The Balaban J connectivity index is 1.71. The van der Waals surface area contributed by atoms with Crippen LogP contribution in [-0.4, -0.2) is 87.3 Å². The van der Waals surface area contributed by atoms with E-state index < -0.39 is 53.8 Å². The molecule has 0 bridgehead atoms. The van der Waals surface area contributed by atoms with Crippen LogP contribution in [0.3, 0.4) is 0 Å². The molecular weight excluding hydrogens is 524 g/mol. The minimum atomic E-state index is -1.17. The minimum absolute atomic E-state index is 0.0857. The smallest absolute Gasteiger partial charge is 0.326 e. The largest absolute Gasteiger partial charge is 0.480 e. The van der Waals surface area contributed by atoms with E-state index in [0.717, 1.165) is 16.5 Å². The van der Waals surface area contributed by atoms with Crippen LogP contribution in [0, 0.1) is 0 Å². The van der Waals surface area contributed by atoms with Gasteiger partial charge >= 0.3 is 5.97 Å². The summed E-state index contributed by atoms with van der Waals surface area (Å²) in [6.07, 6.45) is 4.74. The third kappa shape index (κ3) is 7.96. The molecular formula is C26H36N6O6S. The highest BCUT2D eigenvalue weighted by Gasteiger charge is 2.38. The molecule has 12 nitrogen and oxygen atoms in total. The number of aromatic amines is 1. The number of carbonyl (C=O) groups excluding carboxylic acids is 4. The van der Waals surface area contributed by atoms with Gasteiger partial charge in [0.1, 0.15) is 18.1 Å². The van der Waals surface area contributed by atoms with E-state index in [2.05, 4.69) is 15.6 Å². The second kappa shape index (κ2) is 14.0. The standard InChI is InChI=1S/C26H36N6O6S/c1-39-12-10-20(25(36)32-11-4-7-21(32)26(37)38)31-24(35)19(8-9-22(28)33)30-23(34)17(27)13-15-14-29-18-6-3-2-5-16(15)18/h2-3,5-6,14,17,19-21,29H,4,7-13,27H2,1H3,(H2,28,33)(H,30,34)(H,31,35)(H,37,38). The quantitative estimate of drug-likeness (QED) is 0.187. The number of carboxylic acids is 1. The van der Waals surface area contributed by atoms with Crippen molar-refractivity contribution in [3.63, 3.8) is 0 Å². The number of hydrogen-bond donors (Lipinski definition) is 6. The normalized spacial score (nSPS) is 17.4. The summed E-state index contributed by atoms with van der Waals surface area (Å²) in [4.78, 5) is 67.0. The lowest BCUT2D eigenvalue weighted by Crippen LogP contribution is -2.57. The van der Waals surface area contributed by atoms with Crippen LogP contribution in [0.2, 0.25) is 0 Å². The number of nitrogens with zero attached hydrogens (tertiary/aromatic N) is 1. The van der Waals surface area contributed by atoms with Gasteiger partial charge in [-0.05, 0) is 55.7 Å². The molecule has 4 atom stereocenters. The molecule has 1 aliphatic rings. The van der Waals surface area contributed by atoms with Crippen LogP contribution < -0.4 is 22.1 Å². The first-order valence-electron chi connectivity index (χ1n) is 12.8. The summed E-state index contributed by atoms with van der Waals surface area (Å²) >= 11 is 1.48. The molecule has 1 aliphatic heterocycles. The number of primary amides is 1. The number of thioether (sulfide) groups is 1. The second-order valence-corrected chi connectivity index (χ2v) is 10.6. The molecule has 2 aromatic rings. The van der Waals surface area contributed by atoms with Crippen molar-refractivity contribution < 1.29 is 29.1 Å². The number of aliphatic carboxylic acids is 1. The van der Waals surface area contributed by atoms with Gasteiger partial charge in [-0.1, -0.05) is 18.2 Å². The Kier molecular flexibility index (Phi) is 10.8. The molecule has 212 valence electrons. The molecule has 13 heteroatoms. The summed E-state index contributed by atoms with van der Waals surface area (Å²) < 4.78 is 0. The highest BCUT2D eigenvalue weighted by Crippen LogP contribution is 2.21. The van der Waals surface area contributed by atoms with E-state index in [9.17, 15) is 29.1 Å². The monoisotopic (exact) mass is 560 g/mol. The first-order chi connectivity index (χ1) is 18.6. The Morgan fingerprint density at radius 3 is 2.54 bits per heavy atom. The summed E-state index contributed by atoms with van der Waals surface area (Å²) in [7, 11) is 0. The SMILES string of the molecule is CSCCC(NC(=O)C(CCC(N)=O)NC(=O)C(N)Cc1c[nH]c2ccccc12)C(=O)N1CCCC1C(=O)O. The molecule has 1 aromatic carbocycles. The summed E-state index contributed by atoms with van der Waals surface area (Å²) in [6, 6.07) is 3.50. The Hall–Kier alpha value is -3.58. The van der Waals surface area contributed by atoms with Crippen molar-refractivity contribution in [1.29, 1.82) is 0 Å².